The second-order valence-electron chi connectivity index (χ2n) is 6.19. The van der Waals surface area contributed by atoms with Crippen LogP contribution < -0.4 is 5.32 Å². The minimum Gasteiger partial charge on any atom is -0.298 e. The van der Waals surface area contributed by atoms with Gasteiger partial charge in [0.25, 0.3) is 5.91 Å². The fourth-order valence-electron chi connectivity index (χ4n) is 2.84. The largest absolute Gasteiger partial charge is 0.298 e. The molecule has 0 spiro atoms. The first kappa shape index (κ1) is 18.0. The maximum Gasteiger partial charge on any atom is 0.257 e. The Morgan fingerprint density at radius 2 is 1.92 bits per heavy atom. The van der Waals surface area contributed by atoms with Crippen molar-refractivity contribution in [3.05, 3.63) is 40.4 Å². The second kappa shape index (κ2) is 7.23. The van der Waals surface area contributed by atoms with E-state index in [1.165, 1.54) is 21.7 Å². The summed E-state index contributed by atoms with van der Waals surface area (Å²) in [6, 6.07) is 4.72. The molecule has 0 bridgehead atoms. The van der Waals surface area contributed by atoms with Crippen molar-refractivity contribution in [1.29, 1.82) is 0 Å². The molecule has 0 unspecified atom stereocenters. The van der Waals surface area contributed by atoms with Gasteiger partial charge in [0, 0.05) is 24.0 Å². The highest BCUT2D eigenvalue weighted by molar-refractivity contribution is 7.89. The topological polar surface area (TPSA) is 79.4 Å². The van der Waals surface area contributed by atoms with Gasteiger partial charge >= 0.3 is 0 Å². The normalized spacial score (nSPS) is 15.9. The minimum atomic E-state index is -3.56. The average molecular weight is 380 g/mol. The Bertz CT molecular complexity index is 884. The molecule has 1 fully saturated rings. The second-order valence-corrected chi connectivity index (χ2v) is 8.99. The van der Waals surface area contributed by atoms with Crippen LogP contribution in [0.3, 0.4) is 0 Å². The van der Waals surface area contributed by atoms with Crippen molar-refractivity contribution in [3.63, 3.8) is 0 Å². The van der Waals surface area contributed by atoms with E-state index in [9.17, 15) is 13.2 Å². The number of thiazole rings is 1. The Kier molecular flexibility index (Phi) is 5.21. The number of carbonyl (C=O) groups is 1. The number of hydrogen-bond donors (Lipinski definition) is 1. The summed E-state index contributed by atoms with van der Waals surface area (Å²) in [5, 5.41) is 5.09. The lowest BCUT2D eigenvalue weighted by atomic mass is 10.1. The standard InChI is InChI=1S/C17H21N3O3S2/c1-12-6-7-14(25(22,23)20-8-4-3-5-9-20)10-15(12)16(21)19-17-18-13(2)11-24-17/h6-7,10-11H,3-5,8-9H2,1-2H3,(H,18,19,21). The third kappa shape index (κ3) is 3.91. The summed E-state index contributed by atoms with van der Waals surface area (Å²) < 4.78 is 27.1. The zero-order chi connectivity index (χ0) is 18.0. The van der Waals surface area contributed by atoms with Crippen molar-refractivity contribution in [2.75, 3.05) is 18.4 Å². The van der Waals surface area contributed by atoms with Crippen molar-refractivity contribution in [3.8, 4) is 0 Å². The predicted octanol–water partition coefficient (Wildman–Crippen LogP) is 3.19. The van der Waals surface area contributed by atoms with Crippen LogP contribution in [0.2, 0.25) is 0 Å². The van der Waals surface area contributed by atoms with Crippen molar-refractivity contribution in [2.24, 2.45) is 0 Å². The van der Waals surface area contributed by atoms with E-state index in [0.717, 1.165) is 30.5 Å². The lowest BCUT2D eigenvalue weighted by Gasteiger charge is -2.26. The number of aryl methyl sites for hydroxylation is 2. The van der Waals surface area contributed by atoms with E-state index < -0.39 is 10.0 Å². The summed E-state index contributed by atoms with van der Waals surface area (Å²) in [5.74, 6) is -0.345. The predicted molar refractivity (Wildman–Crippen MR) is 98.6 cm³/mol. The van der Waals surface area contributed by atoms with Crippen LogP contribution >= 0.6 is 11.3 Å². The maximum absolute atomic E-state index is 12.8. The first-order valence-corrected chi connectivity index (χ1v) is 10.5. The number of hydrogen-bond acceptors (Lipinski definition) is 5. The van der Waals surface area contributed by atoms with Crippen LogP contribution in [0.1, 0.15) is 40.9 Å². The summed E-state index contributed by atoms with van der Waals surface area (Å²) in [7, 11) is -3.56. The number of piperidine rings is 1. The molecule has 0 atom stereocenters. The van der Waals surface area contributed by atoms with Crippen LogP contribution in [0.4, 0.5) is 5.13 Å². The summed E-state index contributed by atoms with van der Waals surface area (Å²) >= 11 is 1.34. The Balaban J connectivity index is 1.88. The van der Waals surface area contributed by atoms with Crippen molar-refractivity contribution >= 4 is 32.4 Å². The number of nitrogens with one attached hydrogen (secondary N) is 1. The van der Waals surface area contributed by atoms with Gasteiger partial charge in [-0.3, -0.25) is 10.1 Å². The van der Waals surface area contributed by atoms with E-state index in [1.54, 1.807) is 19.1 Å². The highest BCUT2D eigenvalue weighted by Crippen LogP contribution is 2.24. The van der Waals surface area contributed by atoms with Gasteiger partial charge in [0.15, 0.2) is 5.13 Å². The number of nitrogens with zero attached hydrogens (tertiary/aromatic N) is 2. The summed E-state index contributed by atoms with van der Waals surface area (Å²) in [6.45, 7) is 4.72. The Morgan fingerprint density at radius 1 is 1.20 bits per heavy atom. The Morgan fingerprint density at radius 3 is 2.56 bits per heavy atom. The van der Waals surface area contributed by atoms with Gasteiger partial charge in [-0.2, -0.15) is 4.31 Å². The zero-order valence-corrected chi connectivity index (χ0v) is 15.9. The Labute approximate surface area is 151 Å². The number of benzene rings is 1. The van der Waals surface area contributed by atoms with Crippen molar-refractivity contribution in [2.45, 2.75) is 38.0 Å². The zero-order valence-electron chi connectivity index (χ0n) is 14.3. The molecule has 1 aromatic carbocycles. The Hall–Kier alpha value is -1.77. The third-order valence-electron chi connectivity index (χ3n) is 4.25. The van der Waals surface area contributed by atoms with Crippen molar-refractivity contribution in [1.82, 2.24) is 9.29 Å². The number of carbonyl (C=O) groups excluding carboxylic acids is 1. The van der Waals surface area contributed by atoms with Gasteiger partial charge in [0.1, 0.15) is 0 Å². The molecule has 8 heteroatoms. The molecule has 2 heterocycles. The first-order chi connectivity index (χ1) is 11.9. The van der Waals surface area contributed by atoms with Crippen LogP contribution in [0, 0.1) is 13.8 Å². The van der Waals surface area contributed by atoms with Crippen LogP contribution in [-0.4, -0.2) is 36.7 Å². The molecule has 1 amide bonds. The molecule has 6 nitrogen and oxygen atoms in total. The van der Waals surface area contributed by atoms with Crippen LogP contribution in [0.5, 0.6) is 0 Å². The molecule has 1 aliphatic rings. The fourth-order valence-corrected chi connectivity index (χ4v) is 5.06. The third-order valence-corrected chi connectivity index (χ3v) is 7.02. The fraction of sp³-hybridized carbons (Fsp3) is 0.412. The molecule has 134 valence electrons. The van der Waals surface area contributed by atoms with Gasteiger partial charge in [-0.25, -0.2) is 13.4 Å². The molecule has 3 rings (SSSR count). The van der Waals surface area contributed by atoms with Crippen LogP contribution in [-0.2, 0) is 10.0 Å². The van der Waals surface area contributed by atoms with Gasteiger partial charge < -0.3 is 0 Å². The molecule has 1 aromatic heterocycles. The maximum atomic E-state index is 12.8. The molecule has 0 aliphatic carbocycles. The molecule has 0 radical (unpaired) electrons. The molecule has 25 heavy (non-hydrogen) atoms. The minimum absolute atomic E-state index is 0.167. The van der Waals surface area contributed by atoms with Crippen LogP contribution in [0.25, 0.3) is 0 Å². The van der Waals surface area contributed by atoms with Gasteiger partial charge in [-0.15, -0.1) is 11.3 Å². The number of anilines is 1. The quantitative estimate of drug-likeness (QED) is 0.885. The van der Waals surface area contributed by atoms with Gasteiger partial charge in [0.05, 0.1) is 10.6 Å². The van der Waals surface area contributed by atoms with Crippen LogP contribution in [0.15, 0.2) is 28.5 Å². The molecule has 1 aliphatic heterocycles. The number of sulfonamides is 1. The van der Waals surface area contributed by atoms with E-state index in [1.807, 2.05) is 12.3 Å². The lowest BCUT2D eigenvalue weighted by Crippen LogP contribution is -2.35. The number of rotatable bonds is 4. The number of aromatic nitrogens is 1. The lowest BCUT2D eigenvalue weighted by molar-refractivity contribution is 0.102. The molecule has 0 saturated carbocycles. The summed E-state index contributed by atoms with van der Waals surface area (Å²) in [4.78, 5) is 16.9. The van der Waals surface area contributed by atoms with E-state index in [4.69, 9.17) is 0 Å². The molecule has 1 N–H and O–H groups in total. The van der Waals surface area contributed by atoms with E-state index in [-0.39, 0.29) is 10.8 Å². The first-order valence-electron chi connectivity index (χ1n) is 8.22. The monoisotopic (exact) mass is 379 g/mol. The highest BCUT2D eigenvalue weighted by atomic mass is 32.2. The molecule has 2 aromatic rings. The van der Waals surface area contributed by atoms with Gasteiger partial charge in [0.2, 0.25) is 10.0 Å². The van der Waals surface area contributed by atoms with E-state index in [0.29, 0.717) is 23.8 Å². The van der Waals surface area contributed by atoms with Gasteiger partial charge in [-0.05, 0) is 44.4 Å². The summed E-state index contributed by atoms with van der Waals surface area (Å²) in [6.07, 6.45) is 2.81. The molecular formula is C17H21N3O3S2. The van der Waals surface area contributed by atoms with E-state index >= 15 is 0 Å². The number of amides is 1. The van der Waals surface area contributed by atoms with Crippen molar-refractivity contribution < 1.29 is 13.2 Å². The molecular weight excluding hydrogens is 358 g/mol. The summed E-state index contributed by atoms with van der Waals surface area (Å²) in [5.41, 5.74) is 1.91. The highest BCUT2D eigenvalue weighted by Gasteiger charge is 2.27. The SMILES string of the molecule is Cc1csc(NC(=O)c2cc(S(=O)(=O)N3CCCCC3)ccc2C)n1. The smallest absolute Gasteiger partial charge is 0.257 e. The molecule has 1 saturated heterocycles. The average Bonchev–Trinajstić information content (AvgIpc) is 3.00. The van der Waals surface area contributed by atoms with Gasteiger partial charge in [-0.1, -0.05) is 12.5 Å². The van der Waals surface area contributed by atoms with E-state index in [2.05, 4.69) is 10.3 Å².